The molecule has 0 heterocycles. The lowest BCUT2D eigenvalue weighted by Gasteiger charge is -2.43. The summed E-state index contributed by atoms with van der Waals surface area (Å²) >= 11 is 0. The van der Waals surface area contributed by atoms with E-state index in [1.807, 2.05) is 12.1 Å². The van der Waals surface area contributed by atoms with E-state index < -0.39 is 0 Å². The average molecular weight is 277 g/mol. The van der Waals surface area contributed by atoms with Crippen LogP contribution in [0.25, 0.3) is 0 Å². The summed E-state index contributed by atoms with van der Waals surface area (Å²) in [5.41, 5.74) is 7.68. The molecule has 3 nitrogen and oxygen atoms in total. The van der Waals surface area contributed by atoms with Crippen LogP contribution in [0.4, 0.5) is 0 Å². The summed E-state index contributed by atoms with van der Waals surface area (Å²) in [6.07, 6.45) is 3.48. The van der Waals surface area contributed by atoms with Gasteiger partial charge in [0.2, 0.25) is 0 Å². The van der Waals surface area contributed by atoms with E-state index in [1.54, 1.807) is 7.11 Å². The van der Waals surface area contributed by atoms with Gasteiger partial charge in [-0.2, -0.15) is 0 Å². The summed E-state index contributed by atoms with van der Waals surface area (Å²) in [5, 5.41) is 0. The van der Waals surface area contributed by atoms with Crippen molar-refractivity contribution in [1.29, 1.82) is 0 Å². The molecule has 0 bridgehead atoms. The van der Waals surface area contributed by atoms with Crippen molar-refractivity contribution in [3.63, 3.8) is 0 Å². The highest BCUT2D eigenvalue weighted by Gasteiger charge is 2.40. The Hall–Kier alpha value is -1.06. The quantitative estimate of drug-likeness (QED) is 0.840. The minimum atomic E-state index is -0.276. The van der Waals surface area contributed by atoms with Gasteiger partial charge in [-0.1, -0.05) is 38.5 Å². The Kier molecular flexibility index (Phi) is 5.06. The van der Waals surface area contributed by atoms with Crippen molar-refractivity contribution in [2.24, 2.45) is 17.6 Å². The van der Waals surface area contributed by atoms with Crippen molar-refractivity contribution in [2.75, 3.05) is 20.3 Å². The fourth-order valence-corrected chi connectivity index (χ4v) is 3.26. The number of para-hydroxylation sites is 1. The number of hydrogen-bond acceptors (Lipinski definition) is 3. The van der Waals surface area contributed by atoms with Crippen LogP contribution in [0.3, 0.4) is 0 Å². The minimum Gasteiger partial charge on any atom is -0.491 e. The van der Waals surface area contributed by atoms with Crippen molar-refractivity contribution in [3.05, 3.63) is 29.8 Å². The predicted molar refractivity (Wildman–Crippen MR) is 81.9 cm³/mol. The van der Waals surface area contributed by atoms with Gasteiger partial charge in [0.15, 0.2) is 0 Å². The molecule has 2 rings (SSSR count). The standard InChI is InChI=1S/C17H27NO2/c1-13-8-9-14(2)17(18,12-13)15-6-4-5-7-16(15)20-11-10-19-3/h4-7,13-14H,8-12,18H2,1-3H3. The monoisotopic (exact) mass is 277 g/mol. The number of benzene rings is 1. The molecule has 0 aromatic heterocycles. The third kappa shape index (κ3) is 3.15. The molecule has 1 aliphatic carbocycles. The van der Waals surface area contributed by atoms with Crippen molar-refractivity contribution >= 4 is 0 Å². The molecule has 0 amide bonds. The third-order valence-electron chi connectivity index (χ3n) is 4.59. The summed E-state index contributed by atoms with van der Waals surface area (Å²) < 4.78 is 10.9. The molecule has 1 aliphatic rings. The lowest BCUT2D eigenvalue weighted by Crippen LogP contribution is -2.47. The second-order valence-corrected chi connectivity index (χ2v) is 6.17. The molecule has 1 fully saturated rings. The van der Waals surface area contributed by atoms with Crippen LogP contribution in [0, 0.1) is 11.8 Å². The Morgan fingerprint density at radius 2 is 1.95 bits per heavy atom. The van der Waals surface area contributed by atoms with Gasteiger partial charge in [-0.25, -0.2) is 0 Å². The zero-order valence-corrected chi connectivity index (χ0v) is 12.9. The average Bonchev–Trinajstić information content (AvgIpc) is 2.44. The molecule has 112 valence electrons. The van der Waals surface area contributed by atoms with Crippen LogP contribution in [0.1, 0.15) is 38.7 Å². The molecule has 3 unspecified atom stereocenters. The maximum absolute atomic E-state index is 6.81. The maximum Gasteiger partial charge on any atom is 0.124 e. The van der Waals surface area contributed by atoms with Crippen molar-refractivity contribution in [3.8, 4) is 5.75 Å². The van der Waals surface area contributed by atoms with Crippen LogP contribution < -0.4 is 10.5 Å². The van der Waals surface area contributed by atoms with Gasteiger partial charge in [0.25, 0.3) is 0 Å². The van der Waals surface area contributed by atoms with E-state index in [0.717, 1.165) is 17.7 Å². The molecule has 0 saturated heterocycles. The molecule has 3 atom stereocenters. The van der Waals surface area contributed by atoms with Crippen LogP contribution >= 0.6 is 0 Å². The fourth-order valence-electron chi connectivity index (χ4n) is 3.26. The number of rotatable bonds is 5. The first-order chi connectivity index (χ1) is 9.58. The predicted octanol–water partition coefficient (Wildman–Crippen LogP) is 3.32. The summed E-state index contributed by atoms with van der Waals surface area (Å²) in [7, 11) is 1.69. The fraction of sp³-hybridized carbons (Fsp3) is 0.647. The molecule has 2 N–H and O–H groups in total. The molecular weight excluding hydrogens is 250 g/mol. The normalized spacial score (nSPS) is 30.2. The number of nitrogens with two attached hydrogens (primary N) is 1. The molecule has 1 aromatic carbocycles. The third-order valence-corrected chi connectivity index (χ3v) is 4.59. The Morgan fingerprint density at radius 3 is 2.70 bits per heavy atom. The second kappa shape index (κ2) is 6.59. The minimum absolute atomic E-state index is 0.276. The Bertz CT molecular complexity index is 435. The Morgan fingerprint density at radius 1 is 1.20 bits per heavy atom. The first-order valence-corrected chi connectivity index (χ1v) is 7.58. The highest BCUT2D eigenvalue weighted by molar-refractivity contribution is 5.40. The van der Waals surface area contributed by atoms with E-state index in [0.29, 0.717) is 25.0 Å². The zero-order valence-electron chi connectivity index (χ0n) is 12.9. The molecule has 1 saturated carbocycles. The van der Waals surface area contributed by atoms with Crippen LogP contribution in [-0.4, -0.2) is 20.3 Å². The molecule has 20 heavy (non-hydrogen) atoms. The van der Waals surface area contributed by atoms with Crippen molar-refractivity contribution in [2.45, 2.75) is 38.6 Å². The lowest BCUT2D eigenvalue weighted by molar-refractivity contribution is 0.135. The lowest BCUT2D eigenvalue weighted by atomic mass is 9.67. The van der Waals surface area contributed by atoms with Gasteiger partial charge in [-0.3, -0.25) is 0 Å². The van der Waals surface area contributed by atoms with E-state index in [-0.39, 0.29) is 5.54 Å². The van der Waals surface area contributed by atoms with Gasteiger partial charge >= 0.3 is 0 Å². The van der Waals surface area contributed by atoms with E-state index in [4.69, 9.17) is 15.2 Å². The van der Waals surface area contributed by atoms with E-state index in [1.165, 1.54) is 12.8 Å². The number of ether oxygens (including phenoxy) is 2. The molecular formula is C17H27NO2. The highest BCUT2D eigenvalue weighted by Crippen LogP contribution is 2.44. The van der Waals surface area contributed by atoms with E-state index in [2.05, 4.69) is 26.0 Å². The first kappa shape index (κ1) is 15.3. The summed E-state index contributed by atoms with van der Waals surface area (Å²) in [4.78, 5) is 0. The van der Waals surface area contributed by atoms with E-state index in [9.17, 15) is 0 Å². The Balaban J connectivity index is 2.25. The zero-order chi connectivity index (χ0) is 14.6. The van der Waals surface area contributed by atoms with Crippen LogP contribution in [-0.2, 0) is 10.3 Å². The van der Waals surface area contributed by atoms with Gasteiger partial charge in [0.1, 0.15) is 12.4 Å². The van der Waals surface area contributed by atoms with E-state index >= 15 is 0 Å². The highest BCUT2D eigenvalue weighted by atomic mass is 16.5. The first-order valence-electron chi connectivity index (χ1n) is 7.58. The molecule has 0 radical (unpaired) electrons. The molecule has 3 heteroatoms. The summed E-state index contributed by atoms with van der Waals surface area (Å²) in [5.74, 6) is 2.06. The summed E-state index contributed by atoms with van der Waals surface area (Å²) in [6, 6.07) is 8.20. The number of methoxy groups -OCH3 is 1. The van der Waals surface area contributed by atoms with Gasteiger partial charge in [0, 0.05) is 18.2 Å². The van der Waals surface area contributed by atoms with Crippen LogP contribution in [0.15, 0.2) is 24.3 Å². The van der Waals surface area contributed by atoms with Crippen LogP contribution in [0.2, 0.25) is 0 Å². The molecule has 1 aromatic rings. The number of hydrogen-bond donors (Lipinski definition) is 1. The second-order valence-electron chi connectivity index (χ2n) is 6.17. The van der Waals surface area contributed by atoms with Gasteiger partial charge < -0.3 is 15.2 Å². The topological polar surface area (TPSA) is 44.5 Å². The van der Waals surface area contributed by atoms with Gasteiger partial charge in [-0.05, 0) is 30.7 Å². The Labute approximate surface area is 122 Å². The van der Waals surface area contributed by atoms with Gasteiger partial charge in [0.05, 0.1) is 6.61 Å². The van der Waals surface area contributed by atoms with Crippen molar-refractivity contribution in [1.82, 2.24) is 0 Å². The van der Waals surface area contributed by atoms with Crippen LogP contribution in [0.5, 0.6) is 5.75 Å². The molecule has 0 aliphatic heterocycles. The maximum atomic E-state index is 6.81. The smallest absolute Gasteiger partial charge is 0.124 e. The summed E-state index contributed by atoms with van der Waals surface area (Å²) in [6.45, 7) is 5.71. The van der Waals surface area contributed by atoms with Gasteiger partial charge in [-0.15, -0.1) is 0 Å². The molecule has 0 spiro atoms. The van der Waals surface area contributed by atoms with Crippen molar-refractivity contribution < 1.29 is 9.47 Å². The SMILES string of the molecule is COCCOc1ccccc1C1(N)CC(C)CCC1C. The largest absolute Gasteiger partial charge is 0.491 e.